The van der Waals surface area contributed by atoms with E-state index >= 15 is 0 Å². The van der Waals surface area contributed by atoms with Gasteiger partial charge in [0.25, 0.3) is 0 Å². The molecule has 5 rings (SSSR count). The van der Waals surface area contributed by atoms with Gasteiger partial charge in [-0.2, -0.15) is 0 Å². The van der Waals surface area contributed by atoms with Gasteiger partial charge >= 0.3 is 0 Å². The van der Waals surface area contributed by atoms with Crippen molar-refractivity contribution >= 4 is 46.4 Å². The van der Waals surface area contributed by atoms with Gasteiger partial charge in [-0.05, 0) is 92.1 Å². The average molecular weight is 425 g/mol. The molecule has 1 N–H and O–H groups in total. The van der Waals surface area contributed by atoms with Crippen LogP contribution in [0.3, 0.4) is 0 Å². The molecule has 4 nitrogen and oxygen atoms in total. The SMILES string of the molecule is Cc1c(C)c2c(C)c3nc(cc4ccc(cc5nc(cc1n2C)C=C5)[nH]4)C=C3.[Co]. The molecule has 0 atom stereocenters. The number of aromatic amines is 1. The van der Waals surface area contributed by atoms with Gasteiger partial charge in [0.1, 0.15) is 0 Å². The van der Waals surface area contributed by atoms with E-state index in [1.165, 1.54) is 27.7 Å². The van der Waals surface area contributed by atoms with Gasteiger partial charge in [-0.25, -0.2) is 9.97 Å². The predicted octanol–water partition coefficient (Wildman–Crippen LogP) is 5.59. The van der Waals surface area contributed by atoms with Gasteiger partial charge in [0, 0.05) is 45.9 Å². The average Bonchev–Trinajstić information content (AvgIpc) is 3.43. The predicted molar refractivity (Wildman–Crippen MR) is 118 cm³/mol. The van der Waals surface area contributed by atoms with E-state index in [0.29, 0.717) is 0 Å². The zero-order valence-corrected chi connectivity index (χ0v) is 17.9. The summed E-state index contributed by atoms with van der Waals surface area (Å²) in [4.78, 5) is 13.0. The van der Waals surface area contributed by atoms with Crippen LogP contribution in [0.5, 0.6) is 0 Å². The number of hydrogen-bond donors (Lipinski definition) is 1. The Morgan fingerprint density at radius 3 is 2.00 bits per heavy atom. The standard InChI is InChI=1S/C24H22N4.Co/c1-14-15(2)24-16(3)22-10-9-20(27-22)12-19-6-5-17(25-19)11-18-7-8-21(26-18)13-23(14)28(24)4;/h5-13,25H,1-4H3;. The van der Waals surface area contributed by atoms with E-state index in [2.05, 4.69) is 92.0 Å². The monoisotopic (exact) mass is 425 g/mol. The molecule has 0 unspecified atom stereocenters. The Morgan fingerprint density at radius 2 is 1.31 bits per heavy atom. The van der Waals surface area contributed by atoms with Crippen LogP contribution in [0.1, 0.15) is 39.5 Å². The Bertz CT molecular complexity index is 1350. The molecule has 3 aromatic heterocycles. The molecule has 0 fully saturated rings. The fraction of sp³-hybridized carbons (Fsp3) is 0.167. The van der Waals surface area contributed by atoms with Crippen molar-refractivity contribution < 1.29 is 16.8 Å². The largest absolute Gasteiger partial charge is 0.355 e. The summed E-state index contributed by atoms with van der Waals surface area (Å²) in [7, 11) is 2.12. The quantitative estimate of drug-likeness (QED) is 0.352. The van der Waals surface area contributed by atoms with E-state index in [-0.39, 0.29) is 16.8 Å². The Labute approximate surface area is 180 Å². The van der Waals surface area contributed by atoms with E-state index in [4.69, 9.17) is 9.97 Å². The maximum Gasteiger partial charge on any atom is 0.0687 e. The van der Waals surface area contributed by atoms with Crippen molar-refractivity contribution in [3.63, 3.8) is 0 Å². The summed E-state index contributed by atoms with van der Waals surface area (Å²) in [6.07, 6.45) is 8.31. The van der Waals surface area contributed by atoms with Crippen molar-refractivity contribution in [2.75, 3.05) is 0 Å². The molecule has 2 aliphatic rings. The minimum Gasteiger partial charge on any atom is -0.355 e. The van der Waals surface area contributed by atoms with Gasteiger partial charge < -0.3 is 9.55 Å². The van der Waals surface area contributed by atoms with Crippen LogP contribution in [0.4, 0.5) is 0 Å². The Balaban J connectivity index is 0.00000205. The molecule has 2 aliphatic heterocycles. The number of nitrogens with one attached hydrogen (secondary N) is 1. The van der Waals surface area contributed by atoms with Gasteiger partial charge in [0.05, 0.1) is 22.8 Å². The van der Waals surface area contributed by atoms with Crippen molar-refractivity contribution in [2.24, 2.45) is 7.05 Å². The minimum atomic E-state index is 0. The van der Waals surface area contributed by atoms with Crippen LogP contribution in [-0.4, -0.2) is 19.5 Å². The third-order valence-corrected chi connectivity index (χ3v) is 5.71. The topological polar surface area (TPSA) is 46.5 Å². The summed E-state index contributed by atoms with van der Waals surface area (Å²) in [5.41, 5.74) is 12.1. The van der Waals surface area contributed by atoms with E-state index in [9.17, 15) is 0 Å². The molecule has 147 valence electrons. The van der Waals surface area contributed by atoms with Crippen molar-refractivity contribution in [1.82, 2.24) is 19.5 Å². The van der Waals surface area contributed by atoms with Crippen LogP contribution in [-0.2, 0) is 23.8 Å². The van der Waals surface area contributed by atoms with Gasteiger partial charge in [-0.1, -0.05) is 0 Å². The summed E-state index contributed by atoms with van der Waals surface area (Å²) in [5.74, 6) is 0. The molecule has 1 radical (unpaired) electrons. The number of hydrogen-bond acceptors (Lipinski definition) is 2. The van der Waals surface area contributed by atoms with Crippen LogP contribution >= 0.6 is 0 Å². The number of rotatable bonds is 0. The van der Waals surface area contributed by atoms with Crippen LogP contribution < -0.4 is 0 Å². The Hall–Kier alpha value is -2.89. The number of nitrogens with zero attached hydrogens (tertiary/aromatic N) is 3. The number of aryl methyl sites for hydroxylation is 4. The zero-order valence-electron chi connectivity index (χ0n) is 16.9. The second kappa shape index (κ2) is 7.17. The van der Waals surface area contributed by atoms with Crippen LogP contribution in [0.25, 0.3) is 46.4 Å². The fourth-order valence-corrected chi connectivity index (χ4v) is 4.13. The van der Waals surface area contributed by atoms with Crippen LogP contribution in [0, 0.1) is 20.8 Å². The first kappa shape index (κ1) is 19.4. The second-order valence-corrected chi connectivity index (χ2v) is 7.52. The van der Waals surface area contributed by atoms with Crippen molar-refractivity contribution in [3.8, 4) is 0 Å². The first-order chi connectivity index (χ1) is 13.5. The molecule has 0 saturated carbocycles. The minimum absolute atomic E-state index is 0. The summed E-state index contributed by atoms with van der Waals surface area (Å²) in [5, 5.41) is 0. The summed E-state index contributed by atoms with van der Waals surface area (Å²) in [6, 6.07) is 10.4. The first-order valence-corrected chi connectivity index (χ1v) is 9.50. The number of H-pyrrole nitrogens is 1. The molecule has 0 spiro atoms. The van der Waals surface area contributed by atoms with Gasteiger partial charge in [-0.15, -0.1) is 0 Å². The van der Waals surface area contributed by atoms with Crippen LogP contribution in [0.15, 0.2) is 30.3 Å². The summed E-state index contributed by atoms with van der Waals surface area (Å²) >= 11 is 0. The van der Waals surface area contributed by atoms with Crippen molar-refractivity contribution in [3.05, 3.63) is 69.8 Å². The van der Waals surface area contributed by atoms with Gasteiger partial charge in [0.15, 0.2) is 0 Å². The van der Waals surface area contributed by atoms with Gasteiger partial charge in [0.2, 0.25) is 0 Å². The van der Waals surface area contributed by atoms with Crippen LogP contribution in [0.2, 0.25) is 0 Å². The molecular formula is C24H22CoN4. The normalized spacial score (nSPS) is 12.3. The molecule has 8 bridgehead atoms. The molecule has 5 heteroatoms. The molecule has 0 amide bonds. The van der Waals surface area contributed by atoms with E-state index in [1.54, 1.807) is 0 Å². The molecule has 0 saturated heterocycles. The number of fused-ring (bicyclic) bond motifs is 8. The van der Waals surface area contributed by atoms with Gasteiger partial charge in [-0.3, -0.25) is 0 Å². The Kier molecular flexibility index (Phi) is 4.80. The molecule has 0 aromatic carbocycles. The molecule has 0 aliphatic carbocycles. The van der Waals surface area contributed by atoms with E-state index < -0.39 is 0 Å². The van der Waals surface area contributed by atoms with Crippen molar-refractivity contribution in [1.29, 1.82) is 0 Å². The maximum absolute atomic E-state index is 4.85. The molecular weight excluding hydrogens is 403 g/mol. The fourth-order valence-electron chi connectivity index (χ4n) is 4.13. The maximum atomic E-state index is 4.85. The second-order valence-electron chi connectivity index (χ2n) is 7.52. The summed E-state index contributed by atoms with van der Waals surface area (Å²) < 4.78 is 2.26. The first-order valence-electron chi connectivity index (χ1n) is 9.50. The third kappa shape index (κ3) is 3.26. The summed E-state index contributed by atoms with van der Waals surface area (Å²) in [6.45, 7) is 6.52. The smallest absolute Gasteiger partial charge is 0.0687 e. The third-order valence-electron chi connectivity index (χ3n) is 5.71. The molecule has 29 heavy (non-hydrogen) atoms. The van der Waals surface area contributed by atoms with E-state index in [1.807, 2.05) is 0 Å². The Morgan fingerprint density at radius 1 is 0.724 bits per heavy atom. The van der Waals surface area contributed by atoms with Crippen molar-refractivity contribution in [2.45, 2.75) is 20.8 Å². The van der Waals surface area contributed by atoms with E-state index in [0.717, 1.165) is 33.8 Å². The number of aromatic nitrogens is 4. The molecule has 3 aromatic rings. The molecule has 5 heterocycles. The zero-order chi connectivity index (χ0) is 19.4.